The van der Waals surface area contributed by atoms with Gasteiger partial charge in [-0.2, -0.15) is 5.75 Å². The van der Waals surface area contributed by atoms with Gasteiger partial charge in [-0.15, -0.1) is 0 Å². The van der Waals surface area contributed by atoms with Crippen LogP contribution in [-0.4, -0.2) is 12.3 Å². The Labute approximate surface area is 53.2 Å². The summed E-state index contributed by atoms with van der Waals surface area (Å²) in [4.78, 5) is 0. The molecular formula is C2H6AuNS. The Morgan fingerprint density at radius 1 is 1.60 bits per heavy atom. The van der Waals surface area contributed by atoms with Crippen molar-refractivity contribution in [2.24, 2.45) is 5.73 Å². The summed E-state index contributed by atoms with van der Waals surface area (Å²) in [6, 6.07) is 0. The SMILES string of the molecule is NCC[S-].[Au+]. The van der Waals surface area contributed by atoms with Gasteiger partial charge in [-0.25, -0.2) is 0 Å². The van der Waals surface area contributed by atoms with E-state index in [4.69, 9.17) is 5.73 Å². The van der Waals surface area contributed by atoms with Crippen molar-refractivity contribution in [2.75, 3.05) is 12.3 Å². The van der Waals surface area contributed by atoms with Crippen LogP contribution in [0.1, 0.15) is 0 Å². The average molecular weight is 273 g/mol. The molecule has 0 aliphatic heterocycles. The number of hydrogen-bond acceptors (Lipinski definition) is 2. The van der Waals surface area contributed by atoms with Crippen LogP contribution < -0.4 is 5.73 Å². The fourth-order valence-corrected chi connectivity index (χ4v) is 0. The molecule has 0 fully saturated rings. The van der Waals surface area contributed by atoms with E-state index >= 15 is 0 Å². The molecule has 2 N–H and O–H groups in total. The predicted molar refractivity (Wildman–Crippen MR) is 21.3 cm³/mol. The topological polar surface area (TPSA) is 26.0 Å². The van der Waals surface area contributed by atoms with Gasteiger partial charge in [0.2, 0.25) is 0 Å². The Hall–Kier alpha value is 1.05. The second-order valence-electron chi connectivity index (χ2n) is 0.493. The Bertz CT molecular complexity index is 11.6. The largest absolute Gasteiger partial charge is 1.00 e. The van der Waals surface area contributed by atoms with Crippen molar-refractivity contribution >= 4 is 12.6 Å². The summed E-state index contributed by atoms with van der Waals surface area (Å²) in [7, 11) is 0. The third-order valence-corrected chi connectivity index (χ3v) is 0.354. The molecule has 0 amide bonds. The van der Waals surface area contributed by atoms with Crippen LogP contribution in [0.25, 0.3) is 0 Å². The molecule has 0 unspecified atom stereocenters. The maximum absolute atomic E-state index is 4.92. The molecule has 0 aromatic carbocycles. The Balaban J connectivity index is 0. The summed E-state index contributed by atoms with van der Waals surface area (Å²) >= 11 is 4.43. The van der Waals surface area contributed by atoms with Crippen LogP contribution in [0.4, 0.5) is 0 Å². The van der Waals surface area contributed by atoms with E-state index in [9.17, 15) is 0 Å². The summed E-state index contributed by atoms with van der Waals surface area (Å²) in [5.74, 6) is 0.681. The molecule has 0 saturated heterocycles. The van der Waals surface area contributed by atoms with E-state index in [2.05, 4.69) is 12.6 Å². The molecular weight excluding hydrogens is 267 g/mol. The molecule has 1 nitrogen and oxygen atoms in total. The predicted octanol–water partition coefficient (Wildman–Crippen LogP) is -0.510. The second kappa shape index (κ2) is 8.90. The van der Waals surface area contributed by atoms with E-state index in [0.29, 0.717) is 12.3 Å². The van der Waals surface area contributed by atoms with E-state index < -0.39 is 0 Å². The second-order valence-corrected chi connectivity index (χ2v) is 0.901. The first kappa shape index (κ1) is 9.41. The minimum absolute atomic E-state index is 0. The van der Waals surface area contributed by atoms with Gasteiger partial charge in [-0.3, -0.25) is 0 Å². The van der Waals surface area contributed by atoms with Crippen molar-refractivity contribution in [1.29, 1.82) is 0 Å². The van der Waals surface area contributed by atoms with E-state index in [-0.39, 0.29) is 22.4 Å². The van der Waals surface area contributed by atoms with E-state index in [0.717, 1.165) is 0 Å². The van der Waals surface area contributed by atoms with Crippen LogP contribution in [0, 0.1) is 0 Å². The van der Waals surface area contributed by atoms with Gasteiger partial charge in [0, 0.05) is 0 Å². The molecule has 0 radical (unpaired) electrons. The Morgan fingerprint density at radius 3 is 1.80 bits per heavy atom. The van der Waals surface area contributed by atoms with Gasteiger partial charge in [-0.05, 0) is 6.54 Å². The summed E-state index contributed by atoms with van der Waals surface area (Å²) in [5, 5.41) is 0. The monoisotopic (exact) mass is 273 g/mol. The molecule has 0 atom stereocenters. The van der Waals surface area contributed by atoms with Gasteiger partial charge in [-0.1, -0.05) is 0 Å². The van der Waals surface area contributed by atoms with Gasteiger partial charge in [0.1, 0.15) is 0 Å². The standard InChI is InChI=1S/C2H7NS.Au/c3-1-2-4;/h4H,1-3H2;/q;+1/p-1. The van der Waals surface area contributed by atoms with Crippen LogP contribution in [0.2, 0.25) is 0 Å². The summed E-state index contributed by atoms with van der Waals surface area (Å²) in [5.41, 5.74) is 4.92. The summed E-state index contributed by atoms with van der Waals surface area (Å²) < 4.78 is 0. The maximum atomic E-state index is 4.92. The van der Waals surface area contributed by atoms with Gasteiger partial charge in [0.15, 0.2) is 0 Å². The van der Waals surface area contributed by atoms with E-state index in [1.807, 2.05) is 0 Å². The minimum Gasteiger partial charge on any atom is -0.791 e. The molecule has 0 aliphatic rings. The van der Waals surface area contributed by atoms with E-state index in [1.165, 1.54) is 0 Å². The molecule has 0 spiro atoms. The van der Waals surface area contributed by atoms with Crippen LogP contribution in [0.5, 0.6) is 0 Å². The summed E-state index contributed by atoms with van der Waals surface area (Å²) in [6.45, 7) is 0.634. The van der Waals surface area contributed by atoms with Gasteiger partial charge >= 0.3 is 22.4 Å². The number of rotatable bonds is 1. The molecule has 0 aliphatic carbocycles. The Morgan fingerprint density at radius 2 is 1.80 bits per heavy atom. The third-order valence-electron chi connectivity index (χ3n) is 0.118. The molecule has 36 valence electrons. The smallest absolute Gasteiger partial charge is 0.791 e. The zero-order valence-corrected chi connectivity index (χ0v) is 5.68. The molecule has 0 bridgehead atoms. The molecule has 0 rings (SSSR count). The van der Waals surface area contributed by atoms with Crippen molar-refractivity contribution in [1.82, 2.24) is 0 Å². The zero-order valence-electron chi connectivity index (χ0n) is 2.70. The molecule has 0 aromatic heterocycles. The van der Waals surface area contributed by atoms with Crippen LogP contribution >= 0.6 is 0 Å². The molecule has 3 heteroatoms. The molecule has 0 heterocycles. The number of nitrogens with two attached hydrogens (primary N) is 1. The zero-order chi connectivity index (χ0) is 3.41. The molecule has 0 saturated carbocycles. The van der Waals surface area contributed by atoms with Crippen LogP contribution in [-0.2, 0) is 35.0 Å². The normalized spacial score (nSPS) is 6.00. The molecule has 0 aromatic rings. The first-order valence-corrected chi connectivity index (χ1v) is 1.77. The average Bonchev–Trinajstić information content (AvgIpc) is 1.37. The van der Waals surface area contributed by atoms with Crippen molar-refractivity contribution in [3.8, 4) is 0 Å². The van der Waals surface area contributed by atoms with Crippen molar-refractivity contribution < 1.29 is 22.4 Å². The molecule has 5 heavy (non-hydrogen) atoms. The first-order chi connectivity index (χ1) is 1.91. The summed E-state index contributed by atoms with van der Waals surface area (Å²) in [6.07, 6.45) is 0. The fourth-order valence-electron chi connectivity index (χ4n) is 0. The first-order valence-electron chi connectivity index (χ1n) is 1.20. The maximum Gasteiger partial charge on any atom is 1.00 e. The number of hydrogen-bond donors (Lipinski definition) is 1. The van der Waals surface area contributed by atoms with Gasteiger partial charge < -0.3 is 18.4 Å². The quantitative estimate of drug-likeness (QED) is 0.514. The van der Waals surface area contributed by atoms with Gasteiger partial charge in [0.05, 0.1) is 0 Å². The fraction of sp³-hybridized carbons (Fsp3) is 1.00. The minimum atomic E-state index is 0. The van der Waals surface area contributed by atoms with Crippen LogP contribution in [0.15, 0.2) is 0 Å². The van der Waals surface area contributed by atoms with Crippen molar-refractivity contribution in [2.45, 2.75) is 0 Å². The third kappa shape index (κ3) is 11.2. The van der Waals surface area contributed by atoms with Gasteiger partial charge in [0.25, 0.3) is 0 Å². The van der Waals surface area contributed by atoms with Crippen molar-refractivity contribution in [3.05, 3.63) is 0 Å². The van der Waals surface area contributed by atoms with Crippen molar-refractivity contribution in [3.63, 3.8) is 0 Å². The van der Waals surface area contributed by atoms with E-state index in [1.54, 1.807) is 0 Å². The Kier molecular flexibility index (Phi) is 16.8. The van der Waals surface area contributed by atoms with Crippen LogP contribution in [0.3, 0.4) is 0 Å².